The maximum Gasteiger partial charge on any atom is 0.288 e. The fourth-order valence-corrected chi connectivity index (χ4v) is 5.38. The monoisotopic (exact) mass is 415 g/mol. The van der Waals surface area contributed by atoms with E-state index in [1.54, 1.807) is 4.68 Å². The van der Waals surface area contributed by atoms with Crippen LogP contribution in [0.3, 0.4) is 0 Å². The molecule has 2 aromatic carbocycles. The molecule has 1 fully saturated rings. The van der Waals surface area contributed by atoms with Gasteiger partial charge in [0.2, 0.25) is 5.89 Å². The number of benzene rings is 2. The Kier molecular flexibility index (Phi) is 5.43. The summed E-state index contributed by atoms with van der Waals surface area (Å²) in [7, 11) is -2.99. The summed E-state index contributed by atoms with van der Waals surface area (Å²) in [5.41, 5.74) is 1.97. The number of hydrogen-bond acceptors (Lipinski definition) is 6. The molecule has 0 spiro atoms. The van der Waals surface area contributed by atoms with Crippen LogP contribution in [0, 0.1) is 4.84 Å². The molecule has 0 amide bonds. The molecule has 1 atom stereocenters. The fourth-order valence-electron chi connectivity index (χ4n) is 3.44. The zero-order valence-electron chi connectivity index (χ0n) is 15.3. The topological polar surface area (TPSA) is 68.3 Å². The van der Waals surface area contributed by atoms with Crippen LogP contribution in [-0.2, 0) is 23.1 Å². The molecular formula is C20H21N3O3S2. The highest BCUT2D eigenvalue weighted by Crippen LogP contribution is 2.22. The summed E-state index contributed by atoms with van der Waals surface area (Å²) in [4.78, 5) is 2.39. The lowest BCUT2D eigenvalue weighted by Crippen LogP contribution is -2.37. The first-order valence-electron chi connectivity index (χ1n) is 9.12. The van der Waals surface area contributed by atoms with E-state index in [1.807, 2.05) is 60.7 Å². The van der Waals surface area contributed by atoms with Gasteiger partial charge in [-0.2, -0.15) is 0 Å². The Labute approximate surface area is 169 Å². The maximum absolute atomic E-state index is 12.0. The van der Waals surface area contributed by atoms with Gasteiger partial charge < -0.3 is 4.42 Å². The van der Waals surface area contributed by atoms with Gasteiger partial charge in [-0.15, -0.1) is 5.10 Å². The molecule has 1 unspecified atom stereocenters. The lowest BCUT2D eigenvalue weighted by molar-refractivity contribution is 0.144. The van der Waals surface area contributed by atoms with Gasteiger partial charge in [0.25, 0.3) is 4.84 Å². The molecule has 1 aliphatic rings. The molecule has 0 bridgehead atoms. The zero-order valence-corrected chi connectivity index (χ0v) is 16.9. The average molecular weight is 416 g/mol. The summed E-state index contributed by atoms with van der Waals surface area (Å²) < 4.78 is 31.3. The van der Waals surface area contributed by atoms with E-state index in [0.717, 1.165) is 11.1 Å². The highest BCUT2D eigenvalue weighted by molar-refractivity contribution is 7.91. The maximum atomic E-state index is 12.0. The van der Waals surface area contributed by atoms with Gasteiger partial charge in [0.05, 0.1) is 18.2 Å². The summed E-state index contributed by atoms with van der Waals surface area (Å²) in [6.07, 6.45) is 0.617. The molecule has 0 saturated carbocycles. The molecule has 1 saturated heterocycles. The first-order chi connectivity index (χ1) is 13.5. The van der Waals surface area contributed by atoms with E-state index in [0.29, 0.717) is 25.5 Å². The zero-order chi connectivity index (χ0) is 19.6. The van der Waals surface area contributed by atoms with Gasteiger partial charge in [-0.05, 0) is 36.3 Å². The minimum Gasteiger partial charge on any atom is -0.409 e. The molecule has 0 N–H and O–H groups in total. The minimum absolute atomic E-state index is 0.0658. The summed E-state index contributed by atoms with van der Waals surface area (Å²) in [6.45, 7) is 1.00. The van der Waals surface area contributed by atoms with Crippen LogP contribution in [0.4, 0.5) is 0 Å². The van der Waals surface area contributed by atoms with Crippen molar-refractivity contribution in [3.8, 4) is 11.5 Å². The molecule has 2 heterocycles. The molecule has 3 aromatic rings. The van der Waals surface area contributed by atoms with E-state index in [1.165, 1.54) is 0 Å². The number of hydrogen-bond donors (Lipinski definition) is 0. The predicted octanol–water partition coefficient (Wildman–Crippen LogP) is 3.52. The lowest BCUT2D eigenvalue weighted by Gasteiger charge is -2.27. The standard InChI is InChI=1S/C20H21N3O3S2/c24-28(25)12-11-18(14-28)22(13-16-7-3-1-4-8-16)15-23-20(27)26-19(21-23)17-9-5-2-6-10-17/h1-10,18H,11-15H2. The van der Waals surface area contributed by atoms with Crippen LogP contribution < -0.4 is 0 Å². The quantitative estimate of drug-likeness (QED) is 0.574. The van der Waals surface area contributed by atoms with Crippen molar-refractivity contribution in [2.45, 2.75) is 25.7 Å². The third-order valence-corrected chi connectivity index (χ3v) is 6.94. The van der Waals surface area contributed by atoms with Crippen molar-refractivity contribution in [1.82, 2.24) is 14.7 Å². The first-order valence-corrected chi connectivity index (χ1v) is 11.3. The summed E-state index contributed by atoms with van der Waals surface area (Å²) in [5, 5.41) is 4.52. The van der Waals surface area contributed by atoms with Crippen LogP contribution in [0.2, 0.25) is 0 Å². The SMILES string of the molecule is O=S1(=O)CCC(N(Cc2ccccc2)Cn2nc(-c3ccccc3)oc2=S)C1. The summed E-state index contributed by atoms with van der Waals surface area (Å²) in [6, 6.07) is 19.5. The molecule has 6 nitrogen and oxygen atoms in total. The number of aromatic nitrogens is 2. The second-order valence-electron chi connectivity index (χ2n) is 6.97. The Morgan fingerprint density at radius 2 is 1.79 bits per heavy atom. The van der Waals surface area contributed by atoms with E-state index >= 15 is 0 Å². The van der Waals surface area contributed by atoms with Crippen molar-refractivity contribution in [2.75, 3.05) is 11.5 Å². The van der Waals surface area contributed by atoms with Crippen LogP contribution in [0.5, 0.6) is 0 Å². The molecule has 0 aliphatic carbocycles. The Morgan fingerprint density at radius 1 is 1.11 bits per heavy atom. The van der Waals surface area contributed by atoms with Gasteiger partial charge in [0.1, 0.15) is 0 Å². The number of sulfone groups is 1. The second-order valence-corrected chi connectivity index (χ2v) is 9.55. The largest absolute Gasteiger partial charge is 0.409 e. The van der Waals surface area contributed by atoms with Crippen LogP contribution in [0.15, 0.2) is 65.1 Å². The molecule has 0 radical (unpaired) electrons. The van der Waals surface area contributed by atoms with Crippen molar-refractivity contribution >= 4 is 22.1 Å². The van der Waals surface area contributed by atoms with Crippen molar-refractivity contribution in [3.05, 3.63) is 71.1 Å². The molecule has 28 heavy (non-hydrogen) atoms. The average Bonchev–Trinajstić information content (AvgIpc) is 3.25. The van der Waals surface area contributed by atoms with Gasteiger partial charge in [-0.25, -0.2) is 13.1 Å². The Bertz CT molecular complexity index is 1090. The molecule has 1 aliphatic heterocycles. The third kappa shape index (κ3) is 4.40. The molecule has 8 heteroatoms. The van der Waals surface area contributed by atoms with Gasteiger partial charge in [0.15, 0.2) is 9.84 Å². The van der Waals surface area contributed by atoms with Crippen molar-refractivity contribution in [1.29, 1.82) is 0 Å². The van der Waals surface area contributed by atoms with E-state index in [9.17, 15) is 8.42 Å². The molecule has 4 rings (SSSR count). The number of rotatable bonds is 6. The highest BCUT2D eigenvalue weighted by atomic mass is 32.2. The van der Waals surface area contributed by atoms with Crippen LogP contribution in [0.1, 0.15) is 12.0 Å². The van der Waals surface area contributed by atoms with Crippen molar-refractivity contribution < 1.29 is 12.8 Å². The molecule has 146 valence electrons. The Hall–Kier alpha value is -2.29. The Morgan fingerprint density at radius 3 is 2.43 bits per heavy atom. The molecular weight excluding hydrogens is 394 g/mol. The highest BCUT2D eigenvalue weighted by Gasteiger charge is 2.32. The third-order valence-electron chi connectivity index (χ3n) is 4.90. The second kappa shape index (κ2) is 7.98. The number of nitrogens with zero attached hydrogens (tertiary/aromatic N) is 3. The van der Waals surface area contributed by atoms with Crippen LogP contribution in [-0.4, -0.2) is 40.6 Å². The molecule has 1 aromatic heterocycles. The van der Waals surface area contributed by atoms with E-state index in [4.69, 9.17) is 16.6 Å². The normalized spacial score (nSPS) is 18.5. The summed E-state index contributed by atoms with van der Waals surface area (Å²) >= 11 is 5.36. The van der Waals surface area contributed by atoms with Crippen molar-refractivity contribution in [3.63, 3.8) is 0 Å². The van der Waals surface area contributed by atoms with Gasteiger partial charge in [0, 0.05) is 18.2 Å². The smallest absolute Gasteiger partial charge is 0.288 e. The van der Waals surface area contributed by atoms with Gasteiger partial charge in [-0.1, -0.05) is 48.5 Å². The van der Waals surface area contributed by atoms with E-state index in [-0.39, 0.29) is 22.4 Å². The van der Waals surface area contributed by atoms with Gasteiger partial charge in [-0.3, -0.25) is 4.90 Å². The van der Waals surface area contributed by atoms with Gasteiger partial charge >= 0.3 is 0 Å². The van der Waals surface area contributed by atoms with Crippen molar-refractivity contribution in [2.24, 2.45) is 0 Å². The van der Waals surface area contributed by atoms with Crippen LogP contribution in [0.25, 0.3) is 11.5 Å². The van der Waals surface area contributed by atoms with Crippen LogP contribution >= 0.6 is 12.2 Å². The first kappa shape index (κ1) is 19.0. The van der Waals surface area contributed by atoms with E-state index in [2.05, 4.69) is 10.00 Å². The predicted molar refractivity (Wildman–Crippen MR) is 110 cm³/mol. The summed E-state index contributed by atoms with van der Waals surface area (Å²) in [5.74, 6) is 0.850. The fraction of sp³-hybridized carbons (Fsp3) is 0.300. The Balaban J connectivity index is 1.60. The van der Waals surface area contributed by atoms with E-state index < -0.39 is 9.84 Å². The minimum atomic E-state index is -2.99. The lowest BCUT2D eigenvalue weighted by atomic mass is 10.1.